The molecule has 0 amide bonds. The van der Waals surface area contributed by atoms with Crippen molar-refractivity contribution in [2.24, 2.45) is 0 Å². The smallest absolute Gasteiger partial charge is 0.0211 e. The van der Waals surface area contributed by atoms with E-state index in [1.54, 1.807) is 0 Å². The van der Waals surface area contributed by atoms with Crippen molar-refractivity contribution < 1.29 is 0 Å². The van der Waals surface area contributed by atoms with E-state index in [4.69, 9.17) is 0 Å². The summed E-state index contributed by atoms with van der Waals surface area (Å²) in [4.78, 5) is 2.53. The first-order valence-electron chi connectivity index (χ1n) is 7.45. The van der Waals surface area contributed by atoms with E-state index >= 15 is 0 Å². The minimum Gasteiger partial charge on any atom is -0.311 e. The van der Waals surface area contributed by atoms with Crippen LogP contribution in [-0.4, -0.2) is 30.1 Å². The molecule has 0 fully saturated rings. The van der Waals surface area contributed by atoms with Crippen molar-refractivity contribution >= 4 is 0 Å². The standard InChI is InChI=1S/C17H30N2/c1-13(2)19(14(3)4)11-10-18-12-17-15(5)8-7-9-16(17)6/h7-9,13-14,18H,10-12H2,1-6H3. The van der Waals surface area contributed by atoms with Crippen LogP contribution in [0.1, 0.15) is 44.4 Å². The maximum atomic E-state index is 3.58. The normalized spacial score (nSPS) is 11.8. The highest BCUT2D eigenvalue weighted by atomic mass is 15.2. The van der Waals surface area contributed by atoms with E-state index in [1.807, 2.05) is 0 Å². The summed E-state index contributed by atoms with van der Waals surface area (Å²) >= 11 is 0. The van der Waals surface area contributed by atoms with Crippen LogP contribution in [0.4, 0.5) is 0 Å². The van der Waals surface area contributed by atoms with Crippen LogP contribution in [0.15, 0.2) is 18.2 Å². The average Bonchev–Trinajstić information content (AvgIpc) is 2.31. The van der Waals surface area contributed by atoms with Crippen molar-refractivity contribution in [3.05, 3.63) is 34.9 Å². The molecule has 0 saturated carbocycles. The highest BCUT2D eigenvalue weighted by Gasteiger charge is 2.12. The number of nitrogens with one attached hydrogen (secondary N) is 1. The highest BCUT2D eigenvalue weighted by Crippen LogP contribution is 2.12. The first kappa shape index (κ1) is 16.2. The van der Waals surface area contributed by atoms with E-state index in [9.17, 15) is 0 Å². The summed E-state index contributed by atoms with van der Waals surface area (Å²) in [5.74, 6) is 0. The third kappa shape index (κ3) is 4.96. The first-order valence-corrected chi connectivity index (χ1v) is 7.45. The lowest BCUT2D eigenvalue weighted by Crippen LogP contribution is -2.41. The van der Waals surface area contributed by atoms with Crippen molar-refractivity contribution in [2.45, 2.75) is 60.2 Å². The largest absolute Gasteiger partial charge is 0.311 e. The summed E-state index contributed by atoms with van der Waals surface area (Å²) in [5.41, 5.74) is 4.22. The molecule has 0 saturated heterocycles. The van der Waals surface area contributed by atoms with Gasteiger partial charge < -0.3 is 5.32 Å². The fraction of sp³-hybridized carbons (Fsp3) is 0.647. The van der Waals surface area contributed by atoms with Gasteiger partial charge in [-0.3, -0.25) is 4.90 Å². The molecule has 0 aliphatic heterocycles. The van der Waals surface area contributed by atoms with Crippen LogP contribution in [0.2, 0.25) is 0 Å². The van der Waals surface area contributed by atoms with Crippen molar-refractivity contribution in [3.63, 3.8) is 0 Å². The Morgan fingerprint density at radius 1 is 1.00 bits per heavy atom. The number of nitrogens with zero attached hydrogens (tertiary/aromatic N) is 1. The van der Waals surface area contributed by atoms with Gasteiger partial charge in [0, 0.05) is 31.7 Å². The summed E-state index contributed by atoms with van der Waals surface area (Å²) in [5, 5.41) is 3.58. The van der Waals surface area contributed by atoms with Crippen LogP contribution < -0.4 is 5.32 Å². The fourth-order valence-electron chi connectivity index (χ4n) is 2.66. The molecule has 1 rings (SSSR count). The summed E-state index contributed by atoms with van der Waals surface area (Å²) in [6, 6.07) is 7.74. The molecule has 0 spiro atoms. The first-order chi connectivity index (χ1) is 8.93. The molecule has 19 heavy (non-hydrogen) atoms. The van der Waals surface area contributed by atoms with Gasteiger partial charge in [-0.1, -0.05) is 18.2 Å². The third-order valence-electron chi connectivity index (χ3n) is 3.82. The van der Waals surface area contributed by atoms with Crippen molar-refractivity contribution in [2.75, 3.05) is 13.1 Å². The molecule has 0 unspecified atom stereocenters. The molecule has 0 heterocycles. The zero-order chi connectivity index (χ0) is 14.4. The minimum absolute atomic E-state index is 0.613. The third-order valence-corrected chi connectivity index (χ3v) is 3.82. The fourth-order valence-corrected chi connectivity index (χ4v) is 2.66. The van der Waals surface area contributed by atoms with Crippen molar-refractivity contribution in [1.29, 1.82) is 0 Å². The maximum absolute atomic E-state index is 3.58. The zero-order valence-corrected chi connectivity index (χ0v) is 13.5. The Bertz CT molecular complexity index is 355. The van der Waals surface area contributed by atoms with Crippen LogP contribution in [0.25, 0.3) is 0 Å². The van der Waals surface area contributed by atoms with E-state index in [-0.39, 0.29) is 0 Å². The van der Waals surface area contributed by atoms with Gasteiger partial charge in [0.2, 0.25) is 0 Å². The Balaban J connectivity index is 2.42. The van der Waals surface area contributed by atoms with Crippen LogP contribution in [-0.2, 0) is 6.54 Å². The van der Waals surface area contributed by atoms with Gasteiger partial charge in [-0.05, 0) is 58.2 Å². The molecule has 0 aliphatic rings. The van der Waals surface area contributed by atoms with E-state index < -0.39 is 0 Å². The summed E-state index contributed by atoms with van der Waals surface area (Å²) < 4.78 is 0. The molecule has 0 aromatic heterocycles. The van der Waals surface area contributed by atoms with Gasteiger partial charge in [0.15, 0.2) is 0 Å². The maximum Gasteiger partial charge on any atom is 0.0211 e. The van der Waals surface area contributed by atoms with Gasteiger partial charge in [-0.25, -0.2) is 0 Å². The number of hydrogen-bond donors (Lipinski definition) is 1. The van der Waals surface area contributed by atoms with Gasteiger partial charge >= 0.3 is 0 Å². The number of hydrogen-bond acceptors (Lipinski definition) is 2. The molecule has 108 valence electrons. The van der Waals surface area contributed by atoms with Crippen LogP contribution in [0, 0.1) is 13.8 Å². The summed E-state index contributed by atoms with van der Waals surface area (Å²) in [6.07, 6.45) is 0. The molecule has 1 aromatic carbocycles. The molecular weight excluding hydrogens is 232 g/mol. The Hall–Kier alpha value is -0.860. The second-order valence-corrected chi connectivity index (χ2v) is 5.97. The van der Waals surface area contributed by atoms with Gasteiger partial charge in [0.25, 0.3) is 0 Å². The molecule has 1 N–H and O–H groups in total. The van der Waals surface area contributed by atoms with E-state index in [0.717, 1.165) is 19.6 Å². The van der Waals surface area contributed by atoms with Gasteiger partial charge in [0.05, 0.1) is 0 Å². The molecule has 0 aliphatic carbocycles. The average molecular weight is 262 g/mol. The van der Waals surface area contributed by atoms with Crippen LogP contribution >= 0.6 is 0 Å². The molecule has 2 nitrogen and oxygen atoms in total. The van der Waals surface area contributed by atoms with Gasteiger partial charge in [-0.2, -0.15) is 0 Å². The van der Waals surface area contributed by atoms with E-state index in [2.05, 4.69) is 70.0 Å². The van der Waals surface area contributed by atoms with Crippen LogP contribution in [0.3, 0.4) is 0 Å². The minimum atomic E-state index is 0.613. The predicted molar refractivity (Wildman–Crippen MR) is 84.6 cm³/mol. The number of rotatable bonds is 7. The Morgan fingerprint density at radius 3 is 2.00 bits per heavy atom. The van der Waals surface area contributed by atoms with Gasteiger partial charge in [0.1, 0.15) is 0 Å². The Morgan fingerprint density at radius 2 is 1.53 bits per heavy atom. The molecule has 2 heteroatoms. The number of benzene rings is 1. The van der Waals surface area contributed by atoms with E-state index in [0.29, 0.717) is 12.1 Å². The molecule has 1 aromatic rings. The highest BCUT2D eigenvalue weighted by molar-refractivity contribution is 5.33. The lowest BCUT2D eigenvalue weighted by atomic mass is 10.0. The molecule has 0 radical (unpaired) electrons. The molecule has 0 bridgehead atoms. The van der Waals surface area contributed by atoms with Crippen molar-refractivity contribution in [1.82, 2.24) is 10.2 Å². The number of aryl methyl sites for hydroxylation is 2. The topological polar surface area (TPSA) is 15.3 Å². The zero-order valence-electron chi connectivity index (χ0n) is 13.5. The van der Waals surface area contributed by atoms with Crippen LogP contribution in [0.5, 0.6) is 0 Å². The SMILES string of the molecule is Cc1cccc(C)c1CNCCN(C(C)C)C(C)C. The van der Waals surface area contributed by atoms with E-state index in [1.165, 1.54) is 16.7 Å². The Labute approximate surface area is 119 Å². The monoisotopic (exact) mass is 262 g/mol. The second kappa shape index (κ2) is 7.66. The van der Waals surface area contributed by atoms with Gasteiger partial charge in [-0.15, -0.1) is 0 Å². The predicted octanol–water partition coefficient (Wildman–Crippen LogP) is 3.51. The second-order valence-electron chi connectivity index (χ2n) is 5.97. The Kier molecular flexibility index (Phi) is 6.53. The lowest BCUT2D eigenvalue weighted by Gasteiger charge is -2.30. The summed E-state index contributed by atoms with van der Waals surface area (Å²) in [6.45, 7) is 16.6. The molecule has 0 atom stereocenters. The lowest BCUT2D eigenvalue weighted by molar-refractivity contribution is 0.176. The van der Waals surface area contributed by atoms with Crippen molar-refractivity contribution in [3.8, 4) is 0 Å². The summed E-state index contributed by atoms with van der Waals surface area (Å²) in [7, 11) is 0. The quantitative estimate of drug-likeness (QED) is 0.757. The molecular formula is C17H30N2.